The van der Waals surface area contributed by atoms with Crippen molar-refractivity contribution in [1.29, 1.82) is 0 Å². The first-order chi connectivity index (χ1) is 7.75. The van der Waals surface area contributed by atoms with Crippen LogP contribution in [0.3, 0.4) is 0 Å². The zero-order valence-electron chi connectivity index (χ0n) is 9.40. The Kier molecular flexibility index (Phi) is 3.88. The first kappa shape index (κ1) is 11.5. The highest BCUT2D eigenvalue weighted by Crippen LogP contribution is 2.31. The fraction of sp³-hybridized carbons (Fsp3) is 0.615. The van der Waals surface area contributed by atoms with Gasteiger partial charge in [0.2, 0.25) is 0 Å². The maximum Gasteiger partial charge on any atom is 0.141 e. The molecule has 1 heterocycles. The van der Waals surface area contributed by atoms with Gasteiger partial charge in [-0.05, 0) is 24.5 Å². The molecule has 3 heteroatoms. The summed E-state index contributed by atoms with van der Waals surface area (Å²) in [6.07, 6.45) is 7.67. The number of pyridine rings is 1. The summed E-state index contributed by atoms with van der Waals surface area (Å²) in [4.78, 5) is 3.92. The van der Waals surface area contributed by atoms with Gasteiger partial charge < -0.3 is 5.11 Å². The molecule has 1 fully saturated rings. The number of nitrogens with zero attached hydrogens (tertiary/aromatic N) is 1. The second kappa shape index (κ2) is 5.39. The van der Waals surface area contributed by atoms with Crippen molar-refractivity contribution in [2.24, 2.45) is 5.92 Å². The summed E-state index contributed by atoms with van der Waals surface area (Å²) in [5, 5.41) is 9.98. The van der Waals surface area contributed by atoms with Gasteiger partial charge in [-0.15, -0.1) is 0 Å². The van der Waals surface area contributed by atoms with Crippen molar-refractivity contribution in [3.8, 4) is 0 Å². The smallest absolute Gasteiger partial charge is 0.141 e. The lowest BCUT2D eigenvalue weighted by Gasteiger charge is -2.23. The third kappa shape index (κ3) is 3.01. The summed E-state index contributed by atoms with van der Waals surface area (Å²) in [5.74, 6) is 0.254. The van der Waals surface area contributed by atoms with Gasteiger partial charge in [0.05, 0.1) is 18.0 Å². The molecule has 1 N–H and O–H groups in total. The van der Waals surface area contributed by atoms with Crippen LogP contribution in [0, 0.1) is 11.7 Å². The lowest BCUT2D eigenvalue weighted by molar-refractivity contribution is 0.127. The van der Waals surface area contributed by atoms with Crippen LogP contribution in [-0.4, -0.2) is 10.1 Å². The van der Waals surface area contributed by atoms with Gasteiger partial charge in [-0.3, -0.25) is 4.98 Å². The van der Waals surface area contributed by atoms with Gasteiger partial charge in [-0.1, -0.05) is 32.1 Å². The van der Waals surface area contributed by atoms with Crippen LogP contribution in [0.4, 0.5) is 4.39 Å². The van der Waals surface area contributed by atoms with Gasteiger partial charge in [0.25, 0.3) is 0 Å². The lowest BCUT2D eigenvalue weighted by Crippen LogP contribution is -2.12. The quantitative estimate of drug-likeness (QED) is 0.853. The van der Waals surface area contributed by atoms with E-state index >= 15 is 0 Å². The van der Waals surface area contributed by atoms with Gasteiger partial charge in [-0.25, -0.2) is 4.39 Å². The van der Waals surface area contributed by atoms with Crippen molar-refractivity contribution in [3.63, 3.8) is 0 Å². The van der Waals surface area contributed by atoms with E-state index in [4.69, 9.17) is 0 Å². The first-order valence-electron chi connectivity index (χ1n) is 6.05. The molecular weight excluding hydrogens is 205 g/mol. The molecule has 2 rings (SSSR count). The Hall–Kier alpha value is -0.960. The summed E-state index contributed by atoms with van der Waals surface area (Å²) >= 11 is 0. The van der Waals surface area contributed by atoms with Crippen LogP contribution in [0.15, 0.2) is 18.3 Å². The predicted octanol–water partition coefficient (Wildman–Crippen LogP) is 3.22. The van der Waals surface area contributed by atoms with Crippen LogP contribution in [0.5, 0.6) is 0 Å². The van der Waals surface area contributed by atoms with Crippen LogP contribution in [0.25, 0.3) is 0 Å². The molecule has 0 spiro atoms. The molecule has 0 bridgehead atoms. The number of halogens is 1. The van der Waals surface area contributed by atoms with E-state index in [1.807, 2.05) is 0 Å². The highest BCUT2D eigenvalue weighted by Gasteiger charge is 2.19. The summed E-state index contributed by atoms with van der Waals surface area (Å²) in [5.41, 5.74) is 0.590. The highest BCUT2D eigenvalue weighted by atomic mass is 19.1. The third-order valence-corrected chi connectivity index (χ3v) is 3.37. The molecule has 88 valence electrons. The minimum atomic E-state index is -0.538. The van der Waals surface area contributed by atoms with Gasteiger partial charge in [0.1, 0.15) is 5.82 Å². The van der Waals surface area contributed by atoms with Crippen molar-refractivity contribution in [2.45, 2.75) is 44.6 Å². The molecule has 0 amide bonds. The molecule has 1 atom stereocenters. The number of hydrogen-bond acceptors (Lipinski definition) is 2. The summed E-state index contributed by atoms with van der Waals surface area (Å²) in [6.45, 7) is 0. The second-order valence-electron chi connectivity index (χ2n) is 4.66. The predicted molar refractivity (Wildman–Crippen MR) is 60.3 cm³/mol. The molecule has 16 heavy (non-hydrogen) atoms. The molecule has 0 aliphatic heterocycles. The molecule has 1 aromatic heterocycles. The number of rotatable bonds is 3. The van der Waals surface area contributed by atoms with Crippen LogP contribution in [-0.2, 0) is 0 Å². The third-order valence-electron chi connectivity index (χ3n) is 3.37. The summed E-state index contributed by atoms with van der Waals surface area (Å²) in [7, 11) is 0. The van der Waals surface area contributed by atoms with Crippen molar-refractivity contribution >= 4 is 0 Å². The van der Waals surface area contributed by atoms with Crippen molar-refractivity contribution in [1.82, 2.24) is 4.98 Å². The van der Waals surface area contributed by atoms with E-state index in [2.05, 4.69) is 4.98 Å². The minimum Gasteiger partial charge on any atom is -0.387 e. The van der Waals surface area contributed by atoms with E-state index in [0.29, 0.717) is 11.6 Å². The Morgan fingerprint density at radius 1 is 1.31 bits per heavy atom. The summed E-state index contributed by atoms with van der Waals surface area (Å²) < 4.78 is 12.7. The zero-order chi connectivity index (χ0) is 11.4. The van der Waals surface area contributed by atoms with Crippen LogP contribution < -0.4 is 0 Å². The fourth-order valence-corrected chi connectivity index (χ4v) is 2.44. The average Bonchev–Trinajstić information content (AvgIpc) is 2.31. The number of aliphatic hydroxyl groups excluding tert-OH is 1. The Labute approximate surface area is 95.5 Å². The Morgan fingerprint density at radius 2 is 2.06 bits per heavy atom. The lowest BCUT2D eigenvalue weighted by atomic mass is 9.85. The topological polar surface area (TPSA) is 33.1 Å². The Morgan fingerprint density at radius 3 is 2.69 bits per heavy atom. The number of aromatic nitrogens is 1. The van der Waals surface area contributed by atoms with Crippen molar-refractivity contribution < 1.29 is 9.50 Å². The standard InChI is InChI=1S/C13H18FNO/c14-11-6-7-12(15-9-11)13(16)8-10-4-2-1-3-5-10/h6-7,9-10,13,16H,1-5,8H2. The van der Waals surface area contributed by atoms with Gasteiger partial charge in [0.15, 0.2) is 0 Å². The average molecular weight is 223 g/mol. The molecule has 0 radical (unpaired) electrons. The summed E-state index contributed by atoms with van der Waals surface area (Å²) in [6, 6.07) is 2.93. The molecule has 0 aromatic carbocycles. The van der Waals surface area contributed by atoms with Crippen LogP contribution in [0.2, 0.25) is 0 Å². The molecular formula is C13H18FNO. The maximum absolute atomic E-state index is 12.7. The molecule has 1 aromatic rings. The Balaban J connectivity index is 1.91. The zero-order valence-corrected chi connectivity index (χ0v) is 9.40. The number of hydrogen-bond donors (Lipinski definition) is 1. The van der Waals surface area contributed by atoms with Crippen LogP contribution in [0.1, 0.15) is 50.3 Å². The molecule has 1 aliphatic rings. The Bertz CT molecular complexity index is 319. The van der Waals surface area contributed by atoms with Crippen molar-refractivity contribution in [2.75, 3.05) is 0 Å². The molecule has 1 aliphatic carbocycles. The van der Waals surface area contributed by atoms with E-state index in [0.717, 1.165) is 6.42 Å². The molecule has 0 saturated heterocycles. The fourth-order valence-electron chi connectivity index (χ4n) is 2.44. The largest absolute Gasteiger partial charge is 0.387 e. The van der Waals surface area contributed by atoms with E-state index in [9.17, 15) is 9.50 Å². The molecule has 2 nitrogen and oxygen atoms in total. The monoisotopic (exact) mass is 223 g/mol. The van der Waals surface area contributed by atoms with Crippen LogP contribution >= 0.6 is 0 Å². The second-order valence-corrected chi connectivity index (χ2v) is 4.66. The van der Waals surface area contributed by atoms with Gasteiger partial charge >= 0.3 is 0 Å². The highest BCUT2D eigenvalue weighted by molar-refractivity contribution is 5.08. The normalized spacial score (nSPS) is 19.6. The van der Waals surface area contributed by atoms with Crippen molar-refractivity contribution in [3.05, 3.63) is 29.8 Å². The minimum absolute atomic E-state index is 0.353. The first-order valence-corrected chi connectivity index (χ1v) is 6.05. The van der Waals surface area contributed by atoms with E-state index < -0.39 is 6.10 Å². The van der Waals surface area contributed by atoms with E-state index in [1.165, 1.54) is 44.4 Å². The number of aliphatic hydroxyl groups is 1. The SMILES string of the molecule is OC(CC1CCCCC1)c1ccc(F)cn1. The van der Waals surface area contributed by atoms with E-state index in [1.54, 1.807) is 6.07 Å². The van der Waals surface area contributed by atoms with E-state index in [-0.39, 0.29) is 5.82 Å². The maximum atomic E-state index is 12.7. The van der Waals surface area contributed by atoms with Gasteiger partial charge in [-0.2, -0.15) is 0 Å². The van der Waals surface area contributed by atoms with Gasteiger partial charge in [0, 0.05) is 0 Å². The molecule has 1 saturated carbocycles. The molecule has 1 unspecified atom stereocenters.